The minimum absolute atomic E-state index is 0.541. The molecule has 2 unspecified atom stereocenters. The Morgan fingerprint density at radius 1 is 1.19 bits per heavy atom. The molecule has 27 heavy (non-hydrogen) atoms. The van der Waals surface area contributed by atoms with Crippen molar-refractivity contribution < 1.29 is 9.47 Å². The Morgan fingerprint density at radius 3 is 2.59 bits per heavy atom. The molecule has 1 aromatic heterocycles. The van der Waals surface area contributed by atoms with Crippen LogP contribution >= 0.6 is 0 Å². The van der Waals surface area contributed by atoms with Crippen LogP contribution < -0.4 is 20.1 Å². The van der Waals surface area contributed by atoms with Gasteiger partial charge in [-0.1, -0.05) is 6.92 Å². The van der Waals surface area contributed by atoms with Crippen molar-refractivity contribution >= 4 is 5.96 Å². The molecule has 0 radical (unpaired) electrons. The topological polar surface area (TPSA) is 67.8 Å². The number of nitrogens with one attached hydrogen (secondary N) is 2. The SMILES string of the molecule is CCNC(=NCc1ccnc(Oc2ccc(OCC)cc2)c1)NC1CC1C. The van der Waals surface area contributed by atoms with E-state index >= 15 is 0 Å². The van der Waals surface area contributed by atoms with Crippen LogP contribution in [0.4, 0.5) is 0 Å². The Bertz CT molecular complexity index is 761. The monoisotopic (exact) mass is 368 g/mol. The zero-order valence-electron chi connectivity index (χ0n) is 16.2. The van der Waals surface area contributed by atoms with Gasteiger partial charge in [0.2, 0.25) is 5.88 Å². The molecule has 144 valence electrons. The summed E-state index contributed by atoms with van der Waals surface area (Å²) in [6.45, 7) is 8.34. The fourth-order valence-electron chi connectivity index (χ4n) is 2.69. The first-order valence-corrected chi connectivity index (χ1v) is 9.58. The van der Waals surface area contributed by atoms with Gasteiger partial charge < -0.3 is 20.1 Å². The molecule has 1 saturated carbocycles. The summed E-state index contributed by atoms with van der Waals surface area (Å²) in [5, 5.41) is 6.76. The highest BCUT2D eigenvalue weighted by molar-refractivity contribution is 5.80. The largest absolute Gasteiger partial charge is 0.494 e. The minimum Gasteiger partial charge on any atom is -0.494 e. The van der Waals surface area contributed by atoms with E-state index in [2.05, 4.69) is 34.5 Å². The lowest BCUT2D eigenvalue weighted by Gasteiger charge is -2.11. The van der Waals surface area contributed by atoms with Gasteiger partial charge in [-0.25, -0.2) is 9.98 Å². The Balaban J connectivity index is 1.61. The van der Waals surface area contributed by atoms with Crippen molar-refractivity contribution in [2.45, 2.75) is 39.8 Å². The number of hydrogen-bond donors (Lipinski definition) is 2. The number of pyridine rings is 1. The van der Waals surface area contributed by atoms with Gasteiger partial charge in [0.25, 0.3) is 0 Å². The van der Waals surface area contributed by atoms with E-state index in [1.54, 1.807) is 6.20 Å². The molecule has 0 bridgehead atoms. The smallest absolute Gasteiger partial charge is 0.219 e. The van der Waals surface area contributed by atoms with Crippen LogP contribution in [0, 0.1) is 5.92 Å². The third-order valence-corrected chi connectivity index (χ3v) is 4.35. The third-order valence-electron chi connectivity index (χ3n) is 4.35. The predicted molar refractivity (Wildman–Crippen MR) is 107 cm³/mol. The number of aliphatic imine (C=N–C) groups is 1. The van der Waals surface area contributed by atoms with Crippen molar-refractivity contribution in [3.05, 3.63) is 48.2 Å². The fourth-order valence-corrected chi connectivity index (χ4v) is 2.69. The van der Waals surface area contributed by atoms with Crippen LogP contribution in [0.3, 0.4) is 0 Å². The highest BCUT2D eigenvalue weighted by Gasteiger charge is 2.33. The maximum Gasteiger partial charge on any atom is 0.219 e. The summed E-state index contributed by atoms with van der Waals surface area (Å²) in [6, 6.07) is 11.9. The van der Waals surface area contributed by atoms with Gasteiger partial charge >= 0.3 is 0 Å². The highest BCUT2D eigenvalue weighted by atomic mass is 16.5. The molecular formula is C21H28N4O2. The molecule has 0 aliphatic heterocycles. The van der Waals surface area contributed by atoms with E-state index in [1.807, 2.05) is 43.3 Å². The summed E-state index contributed by atoms with van der Waals surface area (Å²) in [4.78, 5) is 8.97. The standard InChI is InChI=1S/C21H28N4O2/c1-4-22-21(25-19-12-15(19)3)24-14-16-10-11-23-20(13-16)27-18-8-6-17(7-9-18)26-5-2/h6-11,13,15,19H,4-5,12,14H2,1-3H3,(H2,22,24,25). The van der Waals surface area contributed by atoms with Gasteiger partial charge in [0.05, 0.1) is 13.2 Å². The molecule has 0 spiro atoms. The highest BCUT2D eigenvalue weighted by Crippen LogP contribution is 2.28. The van der Waals surface area contributed by atoms with E-state index in [-0.39, 0.29) is 0 Å². The van der Waals surface area contributed by atoms with Gasteiger partial charge in [-0.2, -0.15) is 0 Å². The molecule has 0 amide bonds. The number of guanidine groups is 1. The van der Waals surface area contributed by atoms with E-state index in [0.717, 1.165) is 35.5 Å². The van der Waals surface area contributed by atoms with Crippen LogP contribution in [0.5, 0.6) is 17.4 Å². The average molecular weight is 368 g/mol. The Hall–Kier alpha value is -2.76. The van der Waals surface area contributed by atoms with Gasteiger partial charge in [0.1, 0.15) is 11.5 Å². The molecule has 2 atom stereocenters. The molecule has 1 fully saturated rings. The number of nitrogens with zero attached hydrogens (tertiary/aromatic N) is 2. The van der Waals surface area contributed by atoms with Crippen LogP contribution in [-0.2, 0) is 6.54 Å². The summed E-state index contributed by atoms with van der Waals surface area (Å²) < 4.78 is 11.3. The maximum atomic E-state index is 5.85. The Labute approximate surface area is 161 Å². The summed E-state index contributed by atoms with van der Waals surface area (Å²) in [5.41, 5.74) is 1.05. The summed E-state index contributed by atoms with van der Waals surface area (Å²) in [6.07, 6.45) is 2.96. The van der Waals surface area contributed by atoms with E-state index < -0.39 is 0 Å². The van der Waals surface area contributed by atoms with E-state index in [4.69, 9.17) is 9.47 Å². The van der Waals surface area contributed by atoms with Gasteiger partial charge in [0.15, 0.2) is 5.96 Å². The molecule has 6 nitrogen and oxygen atoms in total. The minimum atomic E-state index is 0.541. The van der Waals surface area contributed by atoms with Gasteiger partial charge in [-0.3, -0.25) is 0 Å². The molecule has 3 rings (SSSR count). The molecule has 0 saturated heterocycles. The van der Waals surface area contributed by atoms with Crippen molar-refractivity contribution in [1.29, 1.82) is 0 Å². The number of aromatic nitrogens is 1. The summed E-state index contributed by atoms with van der Waals surface area (Å²) >= 11 is 0. The maximum absolute atomic E-state index is 5.85. The zero-order valence-corrected chi connectivity index (χ0v) is 16.2. The molecule has 6 heteroatoms. The van der Waals surface area contributed by atoms with Crippen LogP contribution in [0.1, 0.15) is 32.8 Å². The second-order valence-corrected chi connectivity index (χ2v) is 6.67. The molecule has 1 aliphatic rings. The van der Waals surface area contributed by atoms with Crippen molar-refractivity contribution in [2.75, 3.05) is 13.2 Å². The number of hydrogen-bond acceptors (Lipinski definition) is 4. The number of ether oxygens (including phenoxy) is 2. The normalized spacial score (nSPS) is 18.7. The predicted octanol–water partition coefficient (Wildman–Crippen LogP) is 3.74. The van der Waals surface area contributed by atoms with Crippen LogP contribution in [0.2, 0.25) is 0 Å². The average Bonchev–Trinajstić information content (AvgIpc) is 3.37. The van der Waals surface area contributed by atoms with Crippen LogP contribution in [0.25, 0.3) is 0 Å². The van der Waals surface area contributed by atoms with E-state index in [9.17, 15) is 0 Å². The quantitative estimate of drug-likeness (QED) is 0.549. The van der Waals surface area contributed by atoms with Gasteiger partial charge in [-0.15, -0.1) is 0 Å². The van der Waals surface area contributed by atoms with Gasteiger partial charge in [0, 0.05) is 24.8 Å². The molecule has 1 heterocycles. The van der Waals surface area contributed by atoms with Crippen molar-refractivity contribution in [1.82, 2.24) is 15.6 Å². The number of rotatable bonds is 8. The summed E-state index contributed by atoms with van der Waals surface area (Å²) in [7, 11) is 0. The first-order valence-electron chi connectivity index (χ1n) is 9.58. The molecule has 1 aliphatic carbocycles. The first kappa shape index (κ1) is 19.0. The third kappa shape index (κ3) is 5.88. The Kier molecular flexibility index (Phi) is 6.52. The molecule has 2 N–H and O–H groups in total. The molecule has 1 aromatic carbocycles. The molecule has 2 aromatic rings. The van der Waals surface area contributed by atoms with Crippen molar-refractivity contribution in [3.63, 3.8) is 0 Å². The lowest BCUT2D eigenvalue weighted by Crippen LogP contribution is -2.39. The van der Waals surface area contributed by atoms with Crippen molar-refractivity contribution in [2.24, 2.45) is 10.9 Å². The zero-order chi connectivity index (χ0) is 19.1. The Morgan fingerprint density at radius 2 is 1.93 bits per heavy atom. The fraction of sp³-hybridized carbons (Fsp3) is 0.429. The van der Waals surface area contributed by atoms with Crippen LogP contribution in [0.15, 0.2) is 47.6 Å². The van der Waals surface area contributed by atoms with Crippen molar-refractivity contribution in [3.8, 4) is 17.4 Å². The summed E-state index contributed by atoms with van der Waals surface area (Å²) in [5.74, 6) is 3.70. The number of benzene rings is 1. The second-order valence-electron chi connectivity index (χ2n) is 6.67. The van der Waals surface area contributed by atoms with Gasteiger partial charge in [-0.05, 0) is 62.1 Å². The van der Waals surface area contributed by atoms with Crippen LogP contribution in [-0.4, -0.2) is 30.1 Å². The van der Waals surface area contributed by atoms with E-state index in [1.165, 1.54) is 6.42 Å². The van der Waals surface area contributed by atoms with E-state index in [0.29, 0.717) is 25.1 Å². The lowest BCUT2D eigenvalue weighted by atomic mass is 10.2. The first-order chi connectivity index (χ1) is 13.2. The molecular weight excluding hydrogens is 340 g/mol. The lowest BCUT2D eigenvalue weighted by molar-refractivity contribution is 0.339. The second kappa shape index (κ2) is 9.26.